The normalized spacial score (nSPS) is 16.6. The van der Waals surface area contributed by atoms with Gasteiger partial charge in [-0.15, -0.1) is 12.4 Å². The molecule has 3 rings (SSSR count). The number of nitrogens with two attached hydrogens (primary N) is 1. The van der Waals surface area contributed by atoms with Gasteiger partial charge in [0.05, 0.1) is 12.6 Å². The van der Waals surface area contributed by atoms with Crippen LogP contribution in [-0.4, -0.2) is 31.2 Å². The van der Waals surface area contributed by atoms with Crippen molar-refractivity contribution < 1.29 is 14.3 Å². The summed E-state index contributed by atoms with van der Waals surface area (Å²) in [7, 11) is 0. The fourth-order valence-corrected chi connectivity index (χ4v) is 2.47. The van der Waals surface area contributed by atoms with Crippen LogP contribution in [-0.2, 0) is 11.2 Å². The van der Waals surface area contributed by atoms with Gasteiger partial charge in [-0.3, -0.25) is 4.79 Å². The third-order valence-electron chi connectivity index (χ3n) is 3.71. The Labute approximate surface area is 147 Å². The van der Waals surface area contributed by atoms with E-state index >= 15 is 0 Å². The average Bonchev–Trinajstić information content (AvgIpc) is 2.60. The number of hydrogen-bond donors (Lipinski definition) is 2. The highest BCUT2D eigenvalue weighted by atomic mass is 35.5. The minimum atomic E-state index is -0.575. The first kappa shape index (κ1) is 18.1. The van der Waals surface area contributed by atoms with Gasteiger partial charge in [-0.1, -0.05) is 42.5 Å². The standard InChI is InChI=1S/C18H20N2O3.ClH/c19-15(10-13-6-2-1-3-7-13)18(21)20-11-14-12-22-16-8-4-5-9-17(16)23-14;/h1-9,14-15H,10-12,19H2,(H,20,21);1H. The molecule has 24 heavy (non-hydrogen) atoms. The fraction of sp³-hybridized carbons (Fsp3) is 0.278. The predicted octanol–water partition coefficient (Wildman–Crippen LogP) is 1.93. The van der Waals surface area contributed by atoms with Crippen molar-refractivity contribution in [2.24, 2.45) is 5.73 Å². The number of fused-ring (bicyclic) bond motifs is 1. The van der Waals surface area contributed by atoms with E-state index in [1.807, 2.05) is 54.6 Å². The van der Waals surface area contributed by atoms with Crippen molar-refractivity contribution in [1.82, 2.24) is 5.32 Å². The van der Waals surface area contributed by atoms with E-state index < -0.39 is 6.04 Å². The molecule has 0 saturated carbocycles. The molecule has 1 heterocycles. The van der Waals surface area contributed by atoms with Crippen molar-refractivity contribution in [3.63, 3.8) is 0 Å². The highest BCUT2D eigenvalue weighted by Crippen LogP contribution is 2.30. The van der Waals surface area contributed by atoms with Crippen molar-refractivity contribution in [2.45, 2.75) is 18.6 Å². The van der Waals surface area contributed by atoms with Gasteiger partial charge in [-0.2, -0.15) is 0 Å². The van der Waals surface area contributed by atoms with E-state index in [0.717, 1.165) is 11.3 Å². The molecular weight excluding hydrogens is 328 g/mol. The molecule has 0 fully saturated rings. The van der Waals surface area contributed by atoms with E-state index in [4.69, 9.17) is 15.2 Å². The highest BCUT2D eigenvalue weighted by Gasteiger charge is 2.22. The molecule has 0 aliphatic carbocycles. The average molecular weight is 349 g/mol. The van der Waals surface area contributed by atoms with E-state index in [9.17, 15) is 4.79 Å². The quantitative estimate of drug-likeness (QED) is 0.866. The van der Waals surface area contributed by atoms with Gasteiger partial charge >= 0.3 is 0 Å². The van der Waals surface area contributed by atoms with Crippen molar-refractivity contribution in [2.75, 3.05) is 13.2 Å². The monoisotopic (exact) mass is 348 g/mol. The smallest absolute Gasteiger partial charge is 0.237 e. The Morgan fingerprint density at radius 3 is 2.54 bits per heavy atom. The Morgan fingerprint density at radius 1 is 1.12 bits per heavy atom. The van der Waals surface area contributed by atoms with Gasteiger partial charge in [-0.25, -0.2) is 0 Å². The SMILES string of the molecule is Cl.NC(Cc1ccccc1)C(=O)NCC1COc2ccccc2O1. The molecule has 6 heteroatoms. The Bertz CT molecular complexity index is 666. The number of halogens is 1. The van der Waals surface area contributed by atoms with Crippen molar-refractivity contribution >= 4 is 18.3 Å². The second-order valence-electron chi connectivity index (χ2n) is 5.54. The van der Waals surface area contributed by atoms with Crippen LogP contribution in [0.4, 0.5) is 0 Å². The maximum Gasteiger partial charge on any atom is 0.237 e. The second kappa shape index (κ2) is 8.57. The largest absolute Gasteiger partial charge is 0.486 e. The minimum absolute atomic E-state index is 0. The summed E-state index contributed by atoms with van der Waals surface area (Å²) < 4.78 is 11.4. The summed E-state index contributed by atoms with van der Waals surface area (Å²) in [6.45, 7) is 0.779. The van der Waals surface area contributed by atoms with Gasteiger partial charge < -0.3 is 20.5 Å². The van der Waals surface area contributed by atoms with Crippen molar-refractivity contribution in [3.8, 4) is 11.5 Å². The molecule has 2 atom stereocenters. The highest BCUT2D eigenvalue weighted by molar-refractivity contribution is 5.85. The second-order valence-corrected chi connectivity index (χ2v) is 5.54. The Morgan fingerprint density at radius 2 is 1.79 bits per heavy atom. The van der Waals surface area contributed by atoms with Crippen molar-refractivity contribution in [3.05, 3.63) is 60.2 Å². The Kier molecular flexibility index (Phi) is 6.46. The summed E-state index contributed by atoms with van der Waals surface area (Å²) in [5, 5.41) is 2.83. The van der Waals surface area contributed by atoms with E-state index in [1.165, 1.54) is 0 Å². The summed E-state index contributed by atoms with van der Waals surface area (Å²) in [4.78, 5) is 12.1. The number of benzene rings is 2. The molecule has 0 spiro atoms. The summed E-state index contributed by atoms with van der Waals surface area (Å²) in [6.07, 6.45) is 0.301. The molecule has 2 aromatic rings. The number of ether oxygens (including phenoxy) is 2. The van der Waals surface area contributed by atoms with E-state index in [0.29, 0.717) is 25.3 Å². The first-order valence-electron chi connectivity index (χ1n) is 7.68. The van der Waals surface area contributed by atoms with Crippen LogP contribution in [0.5, 0.6) is 11.5 Å². The van der Waals surface area contributed by atoms with Crippen LogP contribution in [0.15, 0.2) is 54.6 Å². The van der Waals surface area contributed by atoms with Gasteiger partial charge in [0, 0.05) is 0 Å². The molecule has 0 radical (unpaired) electrons. The lowest BCUT2D eigenvalue weighted by Gasteiger charge is -2.26. The van der Waals surface area contributed by atoms with E-state index in [1.54, 1.807) is 0 Å². The van der Waals surface area contributed by atoms with Crippen molar-refractivity contribution in [1.29, 1.82) is 0 Å². The number of carbonyl (C=O) groups excluding carboxylic acids is 1. The minimum Gasteiger partial charge on any atom is -0.486 e. The zero-order chi connectivity index (χ0) is 16.1. The van der Waals surface area contributed by atoms with Gasteiger partial charge in [0.1, 0.15) is 12.7 Å². The molecule has 1 aliphatic rings. The number of hydrogen-bond acceptors (Lipinski definition) is 4. The molecule has 128 valence electrons. The first-order chi connectivity index (χ1) is 11.2. The lowest BCUT2D eigenvalue weighted by atomic mass is 10.1. The maximum absolute atomic E-state index is 12.1. The Balaban J connectivity index is 0.00000208. The van der Waals surface area contributed by atoms with Gasteiger partial charge in [0.25, 0.3) is 0 Å². The van der Waals surface area contributed by atoms with E-state index in [-0.39, 0.29) is 24.4 Å². The Hall–Kier alpha value is -2.24. The molecule has 3 N–H and O–H groups in total. The van der Waals surface area contributed by atoms with Gasteiger partial charge in [0.2, 0.25) is 5.91 Å². The van der Waals surface area contributed by atoms with E-state index in [2.05, 4.69) is 5.32 Å². The number of para-hydroxylation sites is 2. The number of amides is 1. The van der Waals surface area contributed by atoms with Gasteiger partial charge in [-0.05, 0) is 24.1 Å². The zero-order valence-corrected chi connectivity index (χ0v) is 14.0. The molecule has 0 bridgehead atoms. The summed E-state index contributed by atoms with van der Waals surface area (Å²) in [5.41, 5.74) is 7.00. The van der Waals surface area contributed by atoms with Crippen LogP contribution in [0, 0.1) is 0 Å². The summed E-state index contributed by atoms with van der Waals surface area (Å²) in [5.74, 6) is 1.25. The number of carbonyl (C=O) groups is 1. The number of rotatable bonds is 5. The first-order valence-corrected chi connectivity index (χ1v) is 7.68. The zero-order valence-electron chi connectivity index (χ0n) is 13.2. The van der Waals surface area contributed by atoms with Crippen LogP contribution in [0.1, 0.15) is 5.56 Å². The molecule has 1 aliphatic heterocycles. The predicted molar refractivity (Wildman–Crippen MR) is 94.7 cm³/mol. The molecule has 0 aromatic heterocycles. The van der Waals surface area contributed by atoms with Crippen LogP contribution in [0.25, 0.3) is 0 Å². The summed E-state index contributed by atoms with van der Waals surface area (Å²) in [6, 6.07) is 16.7. The number of nitrogens with one attached hydrogen (secondary N) is 1. The molecule has 5 nitrogen and oxygen atoms in total. The molecule has 2 unspecified atom stereocenters. The third kappa shape index (κ3) is 4.63. The fourth-order valence-electron chi connectivity index (χ4n) is 2.47. The maximum atomic E-state index is 12.1. The lowest BCUT2D eigenvalue weighted by molar-refractivity contribution is -0.122. The molecular formula is C18H21ClN2O3. The van der Waals surface area contributed by atoms with Crippen LogP contribution in [0.2, 0.25) is 0 Å². The van der Waals surface area contributed by atoms with Crippen LogP contribution < -0.4 is 20.5 Å². The molecule has 2 aromatic carbocycles. The summed E-state index contributed by atoms with van der Waals surface area (Å²) >= 11 is 0. The molecule has 0 saturated heterocycles. The van der Waals surface area contributed by atoms with Crippen LogP contribution in [0.3, 0.4) is 0 Å². The third-order valence-corrected chi connectivity index (χ3v) is 3.71. The molecule has 1 amide bonds. The van der Waals surface area contributed by atoms with Crippen LogP contribution >= 0.6 is 12.4 Å². The van der Waals surface area contributed by atoms with Gasteiger partial charge in [0.15, 0.2) is 11.5 Å². The topological polar surface area (TPSA) is 73.6 Å². The lowest BCUT2D eigenvalue weighted by Crippen LogP contribution is -2.47.